The maximum absolute atomic E-state index is 12.1. The largest absolute Gasteiger partial charge is 0.508 e. The van der Waals surface area contributed by atoms with Crippen LogP contribution >= 0.6 is 0 Å². The molecule has 0 saturated heterocycles. The predicted octanol–water partition coefficient (Wildman–Crippen LogP) is 2.42. The highest BCUT2D eigenvalue weighted by molar-refractivity contribution is 5.73. The van der Waals surface area contributed by atoms with Crippen molar-refractivity contribution in [2.75, 3.05) is 0 Å². The van der Waals surface area contributed by atoms with Crippen LogP contribution in [0, 0.1) is 18.3 Å². The first-order valence-corrected chi connectivity index (χ1v) is 6.02. The minimum Gasteiger partial charge on any atom is -0.508 e. The van der Waals surface area contributed by atoms with Crippen molar-refractivity contribution in [2.45, 2.75) is 20.4 Å². The van der Waals surface area contributed by atoms with Gasteiger partial charge in [-0.25, -0.2) is 0 Å². The molecule has 4 nitrogen and oxygen atoms in total. The maximum atomic E-state index is 12.1. The molecule has 1 N–H and O–H groups in total. The minimum atomic E-state index is -0.279. The van der Waals surface area contributed by atoms with Gasteiger partial charge in [0.1, 0.15) is 17.4 Å². The number of hydrogen-bond donors (Lipinski definition) is 1. The van der Waals surface area contributed by atoms with Gasteiger partial charge in [-0.1, -0.05) is 12.1 Å². The number of phenolic OH excluding ortho intramolecular Hbond substituents is 1. The number of aromatic hydroxyl groups is 1. The molecule has 0 aliphatic heterocycles. The number of hydrogen-bond acceptors (Lipinski definition) is 3. The van der Waals surface area contributed by atoms with Crippen molar-refractivity contribution < 1.29 is 5.11 Å². The number of nitriles is 1. The number of nitrogens with zero attached hydrogens (tertiary/aromatic N) is 2. The first-order chi connectivity index (χ1) is 9.08. The number of aryl methyl sites for hydroxylation is 2. The van der Waals surface area contributed by atoms with Gasteiger partial charge < -0.3 is 9.67 Å². The molecule has 1 aromatic heterocycles. The third-order valence-electron chi connectivity index (χ3n) is 3.08. The van der Waals surface area contributed by atoms with E-state index in [0.29, 0.717) is 12.1 Å². The van der Waals surface area contributed by atoms with Crippen molar-refractivity contribution in [1.82, 2.24) is 4.57 Å². The highest BCUT2D eigenvalue weighted by atomic mass is 16.3. The maximum Gasteiger partial charge on any atom is 0.269 e. The molecule has 0 aliphatic carbocycles. The molecule has 0 saturated carbocycles. The summed E-state index contributed by atoms with van der Waals surface area (Å²) in [5, 5.41) is 18.6. The van der Waals surface area contributed by atoms with Crippen LogP contribution in [-0.2, 0) is 6.54 Å². The van der Waals surface area contributed by atoms with Crippen LogP contribution in [0.15, 0.2) is 35.3 Å². The molecule has 0 amide bonds. The third kappa shape index (κ3) is 2.23. The molecule has 4 heteroatoms. The zero-order valence-electron chi connectivity index (χ0n) is 10.8. The molecule has 0 fully saturated rings. The molecular formula is C15H14N2O2. The number of aromatic nitrogens is 1. The van der Waals surface area contributed by atoms with E-state index in [4.69, 9.17) is 0 Å². The molecule has 1 heterocycles. The normalized spacial score (nSPS) is 10.2. The molecule has 19 heavy (non-hydrogen) atoms. The lowest BCUT2D eigenvalue weighted by Gasteiger charge is -2.11. The van der Waals surface area contributed by atoms with Crippen LogP contribution in [-0.4, -0.2) is 9.67 Å². The van der Waals surface area contributed by atoms with Gasteiger partial charge in [-0.3, -0.25) is 4.79 Å². The molecule has 2 aromatic rings. The molecule has 96 valence electrons. The fourth-order valence-electron chi connectivity index (χ4n) is 2.14. The summed E-state index contributed by atoms with van der Waals surface area (Å²) in [6, 6.07) is 8.49. The fraction of sp³-hybridized carbons (Fsp3) is 0.200. The predicted molar refractivity (Wildman–Crippen MR) is 72.9 cm³/mol. The summed E-state index contributed by atoms with van der Waals surface area (Å²) in [6.07, 6.45) is 1.76. The summed E-state index contributed by atoms with van der Waals surface area (Å²) < 4.78 is 1.53. The van der Waals surface area contributed by atoms with Crippen molar-refractivity contribution in [3.63, 3.8) is 0 Å². The summed E-state index contributed by atoms with van der Waals surface area (Å²) in [5.41, 5.74) is 2.12. The van der Waals surface area contributed by atoms with E-state index in [1.807, 2.05) is 19.9 Å². The van der Waals surface area contributed by atoms with E-state index in [0.717, 1.165) is 11.1 Å². The Morgan fingerprint density at radius 1 is 1.32 bits per heavy atom. The highest BCUT2D eigenvalue weighted by Gasteiger charge is 2.14. The van der Waals surface area contributed by atoms with Crippen LogP contribution in [0.2, 0.25) is 0 Å². The minimum absolute atomic E-state index is 0.146. The molecule has 0 spiro atoms. The van der Waals surface area contributed by atoms with E-state index in [1.54, 1.807) is 30.5 Å². The molecule has 0 atom stereocenters. The van der Waals surface area contributed by atoms with Gasteiger partial charge >= 0.3 is 0 Å². The van der Waals surface area contributed by atoms with E-state index < -0.39 is 0 Å². The Kier molecular flexibility index (Phi) is 3.39. The Morgan fingerprint density at radius 3 is 2.47 bits per heavy atom. The van der Waals surface area contributed by atoms with Crippen LogP contribution < -0.4 is 5.56 Å². The molecule has 2 rings (SSSR count). The van der Waals surface area contributed by atoms with Gasteiger partial charge in [-0.05, 0) is 37.1 Å². The monoisotopic (exact) mass is 254 g/mol. The van der Waals surface area contributed by atoms with Crippen LogP contribution in [0.4, 0.5) is 0 Å². The zero-order chi connectivity index (χ0) is 14.0. The first-order valence-electron chi connectivity index (χ1n) is 6.02. The van der Waals surface area contributed by atoms with Gasteiger partial charge in [0.2, 0.25) is 0 Å². The van der Waals surface area contributed by atoms with Gasteiger partial charge in [0.15, 0.2) is 0 Å². The summed E-state index contributed by atoms with van der Waals surface area (Å²) in [4.78, 5) is 12.1. The Bertz CT molecular complexity index is 707. The van der Waals surface area contributed by atoms with E-state index >= 15 is 0 Å². The number of rotatable bonds is 2. The quantitative estimate of drug-likeness (QED) is 0.895. The van der Waals surface area contributed by atoms with E-state index in [9.17, 15) is 15.2 Å². The molecule has 0 aliphatic rings. The number of pyridine rings is 1. The lowest BCUT2D eigenvalue weighted by Crippen LogP contribution is -2.23. The average molecular weight is 254 g/mol. The summed E-state index contributed by atoms with van der Waals surface area (Å²) >= 11 is 0. The average Bonchev–Trinajstić information content (AvgIpc) is 2.41. The second kappa shape index (κ2) is 4.99. The Balaban J connectivity index is 2.77. The van der Waals surface area contributed by atoms with Crippen LogP contribution in [0.3, 0.4) is 0 Å². The zero-order valence-corrected chi connectivity index (χ0v) is 10.8. The van der Waals surface area contributed by atoms with Crippen LogP contribution in [0.1, 0.15) is 18.1 Å². The summed E-state index contributed by atoms with van der Waals surface area (Å²) in [7, 11) is 0. The second-order valence-electron chi connectivity index (χ2n) is 4.31. The number of phenols is 1. The van der Waals surface area contributed by atoms with Crippen LogP contribution in [0.25, 0.3) is 11.1 Å². The topological polar surface area (TPSA) is 66.0 Å². The summed E-state index contributed by atoms with van der Waals surface area (Å²) in [5.74, 6) is 0.154. The standard InChI is InChI=1S/C15H14N2O2/c1-3-17-9-10(2)14(13(8-16)15(17)19)11-4-6-12(18)7-5-11/h4-7,9,18H,3H2,1-2H3. The van der Waals surface area contributed by atoms with Crippen molar-refractivity contribution in [3.05, 3.63) is 51.9 Å². The summed E-state index contributed by atoms with van der Waals surface area (Å²) in [6.45, 7) is 4.26. The molecular weight excluding hydrogens is 240 g/mol. The van der Waals surface area contributed by atoms with Gasteiger partial charge in [0, 0.05) is 18.3 Å². The fourth-order valence-corrected chi connectivity index (χ4v) is 2.14. The van der Waals surface area contributed by atoms with Crippen LogP contribution in [0.5, 0.6) is 5.75 Å². The van der Waals surface area contributed by atoms with E-state index in [2.05, 4.69) is 0 Å². The van der Waals surface area contributed by atoms with Crippen molar-refractivity contribution >= 4 is 0 Å². The molecule has 1 aromatic carbocycles. The van der Waals surface area contributed by atoms with Gasteiger partial charge in [0.25, 0.3) is 5.56 Å². The molecule has 0 unspecified atom stereocenters. The number of benzene rings is 1. The molecule has 0 bridgehead atoms. The van der Waals surface area contributed by atoms with Crippen molar-refractivity contribution in [3.8, 4) is 22.9 Å². The third-order valence-corrected chi connectivity index (χ3v) is 3.08. The Morgan fingerprint density at radius 2 is 1.95 bits per heavy atom. The molecule has 0 radical (unpaired) electrons. The van der Waals surface area contributed by atoms with Crippen molar-refractivity contribution in [2.24, 2.45) is 0 Å². The van der Waals surface area contributed by atoms with Crippen molar-refractivity contribution in [1.29, 1.82) is 5.26 Å². The second-order valence-corrected chi connectivity index (χ2v) is 4.31. The Hall–Kier alpha value is -2.54. The lowest BCUT2D eigenvalue weighted by molar-refractivity contribution is 0.475. The lowest BCUT2D eigenvalue weighted by atomic mass is 9.97. The van der Waals surface area contributed by atoms with Gasteiger partial charge in [-0.15, -0.1) is 0 Å². The SMILES string of the molecule is CCn1cc(C)c(-c2ccc(O)cc2)c(C#N)c1=O. The van der Waals surface area contributed by atoms with E-state index in [1.165, 1.54) is 4.57 Å². The smallest absolute Gasteiger partial charge is 0.269 e. The van der Waals surface area contributed by atoms with Gasteiger partial charge in [-0.2, -0.15) is 5.26 Å². The van der Waals surface area contributed by atoms with Gasteiger partial charge in [0.05, 0.1) is 0 Å². The first kappa shape index (κ1) is 12.9. The van der Waals surface area contributed by atoms with E-state index in [-0.39, 0.29) is 16.9 Å². The highest BCUT2D eigenvalue weighted by Crippen LogP contribution is 2.26. The Labute approximate surface area is 111 Å².